The molecule has 2 N–H and O–H groups in total. The molecule has 7 heteroatoms. The second kappa shape index (κ2) is 6.15. The van der Waals surface area contributed by atoms with Gasteiger partial charge in [-0.15, -0.1) is 0 Å². The number of benzene rings is 2. The molecule has 0 radical (unpaired) electrons. The summed E-state index contributed by atoms with van der Waals surface area (Å²) >= 11 is 3.38. The molecule has 2 rings (SSSR count). The van der Waals surface area contributed by atoms with E-state index in [-0.39, 0.29) is 11.4 Å². The minimum Gasteiger partial charge on any atom is -0.398 e. The van der Waals surface area contributed by atoms with Crippen LogP contribution in [0.1, 0.15) is 5.56 Å². The molecule has 0 aliphatic carbocycles. The molecule has 2 aromatic carbocycles. The zero-order chi connectivity index (χ0) is 14.7. The van der Waals surface area contributed by atoms with Gasteiger partial charge in [-0.2, -0.15) is 0 Å². The van der Waals surface area contributed by atoms with Gasteiger partial charge in [0.1, 0.15) is 0 Å². The first kappa shape index (κ1) is 14.7. The third-order valence-corrected chi connectivity index (χ3v) is 4.83. The molecule has 0 amide bonds. The number of nitrogen functional groups attached to an aromatic ring is 1. The lowest BCUT2D eigenvalue weighted by Crippen LogP contribution is -2.01. The second-order valence-electron chi connectivity index (χ2n) is 4.05. The van der Waals surface area contributed by atoms with Crippen LogP contribution in [0.25, 0.3) is 0 Å². The van der Waals surface area contributed by atoms with Crippen LogP contribution < -0.4 is 5.73 Å². The average molecular weight is 355 g/mol. The van der Waals surface area contributed by atoms with Crippen molar-refractivity contribution in [2.24, 2.45) is 0 Å². The van der Waals surface area contributed by atoms with Gasteiger partial charge in [-0.1, -0.05) is 22.0 Å². The lowest BCUT2D eigenvalue weighted by molar-refractivity contribution is -0.384. The molecule has 104 valence electrons. The number of nitro groups is 1. The number of anilines is 1. The fourth-order valence-electron chi connectivity index (χ4n) is 1.66. The van der Waals surface area contributed by atoms with Crippen molar-refractivity contribution in [2.45, 2.75) is 10.6 Å². The van der Waals surface area contributed by atoms with Crippen LogP contribution in [0, 0.1) is 10.1 Å². The lowest BCUT2D eigenvalue weighted by Gasteiger charge is -2.08. The van der Waals surface area contributed by atoms with E-state index in [1.807, 2.05) is 6.07 Å². The molecule has 0 fully saturated rings. The first-order valence-corrected chi connectivity index (χ1v) is 7.76. The monoisotopic (exact) mass is 354 g/mol. The Morgan fingerprint density at radius 3 is 2.40 bits per heavy atom. The van der Waals surface area contributed by atoms with Gasteiger partial charge in [0.2, 0.25) is 0 Å². The van der Waals surface area contributed by atoms with Gasteiger partial charge in [0.25, 0.3) is 5.69 Å². The van der Waals surface area contributed by atoms with E-state index in [2.05, 4.69) is 15.9 Å². The van der Waals surface area contributed by atoms with E-state index >= 15 is 0 Å². The van der Waals surface area contributed by atoms with Gasteiger partial charge in [-0.25, -0.2) is 0 Å². The fraction of sp³-hybridized carbons (Fsp3) is 0.0769. The van der Waals surface area contributed by atoms with Gasteiger partial charge in [0.15, 0.2) is 0 Å². The molecular weight excluding hydrogens is 344 g/mol. The molecule has 0 spiro atoms. The Kier molecular flexibility index (Phi) is 4.51. The molecule has 0 aromatic heterocycles. The van der Waals surface area contributed by atoms with Crippen molar-refractivity contribution in [3.8, 4) is 0 Å². The van der Waals surface area contributed by atoms with Crippen LogP contribution in [-0.4, -0.2) is 9.13 Å². The lowest BCUT2D eigenvalue weighted by atomic mass is 10.2. The molecule has 5 nitrogen and oxygen atoms in total. The maximum Gasteiger partial charge on any atom is 0.269 e. The summed E-state index contributed by atoms with van der Waals surface area (Å²) in [5.41, 5.74) is 7.17. The Bertz CT molecular complexity index is 654. The summed E-state index contributed by atoms with van der Waals surface area (Å²) in [6.45, 7) is 0. The molecule has 1 atom stereocenters. The van der Waals surface area contributed by atoms with E-state index < -0.39 is 15.7 Å². The van der Waals surface area contributed by atoms with Gasteiger partial charge in [0.05, 0.1) is 21.5 Å². The van der Waals surface area contributed by atoms with Crippen molar-refractivity contribution in [3.63, 3.8) is 0 Å². The standard InChI is InChI=1S/C13H11BrN2O3S/c14-12-2-1-3-13(15)11(12)8-20(19)10-6-4-9(5-7-10)16(17)18/h1-7H,8,15H2. The van der Waals surface area contributed by atoms with Crippen molar-refractivity contribution >= 4 is 38.1 Å². The highest BCUT2D eigenvalue weighted by molar-refractivity contribution is 9.10. The Morgan fingerprint density at radius 2 is 1.85 bits per heavy atom. The largest absolute Gasteiger partial charge is 0.398 e. The molecule has 0 aliphatic rings. The summed E-state index contributed by atoms with van der Waals surface area (Å²) in [7, 11) is -1.31. The van der Waals surface area contributed by atoms with Crippen LogP contribution in [0.15, 0.2) is 51.8 Å². The zero-order valence-electron chi connectivity index (χ0n) is 10.3. The second-order valence-corrected chi connectivity index (χ2v) is 6.35. The summed E-state index contributed by atoms with van der Waals surface area (Å²) in [4.78, 5) is 10.6. The highest BCUT2D eigenvalue weighted by Gasteiger charge is 2.12. The normalized spacial score (nSPS) is 12.1. The minimum absolute atomic E-state index is 0.0221. The zero-order valence-corrected chi connectivity index (χ0v) is 12.7. The summed E-state index contributed by atoms with van der Waals surface area (Å²) < 4.78 is 13.1. The number of hydrogen-bond donors (Lipinski definition) is 1. The molecular formula is C13H11BrN2O3S. The van der Waals surface area contributed by atoms with Gasteiger partial charge in [-0.3, -0.25) is 14.3 Å². The quantitative estimate of drug-likeness (QED) is 0.518. The average Bonchev–Trinajstić information content (AvgIpc) is 2.43. The summed E-state index contributed by atoms with van der Waals surface area (Å²) in [6, 6.07) is 11.1. The van der Waals surface area contributed by atoms with Crippen molar-refractivity contribution in [1.82, 2.24) is 0 Å². The first-order chi connectivity index (χ1) is 9.49. The highest BCUT2D eigenvalue weighted by atomic mass is 79.9. The summed E-state index contributed by atoms with van der Waals surface area (Å²) in [6.07, 6.45) is 0. The van der Waals surface area contributed by atoms with Crippen LogP contribution in [0.5, 0.6) is 0 Å². The smallest absolute Gasteiger partial charge is 0.269 e. The van der Waals surface area contributed by atoms with Crippen molar-refractivity contribution in [3.05, 3.63) is 62.6 Å². The van der Waals surface area contributed by atoms with E-state index in [1.165, 1.54) is 24.3 Å². The number of hydrogen-bond acceptors (Lipinski definition) is 4. The van der Waals surface area contributed by atoms with Crippen molar-refractivity contribution in [1.29, 1.82) is 0 Å². The number of halogens is 1. The van der Waals surface area contributed by atoms with Crippen LogP contribution in [0.4, 0.5) is 11.4 Å². The van der Waals surface area contributed by atoms with Crippen LogP contribution in [-0.2, 0) is 16.6 Å². The number of nitro benzene ring substituents is 1. The minimum atomic E-state index is -1.31. The predicted octanol–water partition coefficient (Wildman–Crippen LogP) is 3.25. The number of nitrogens with two attached hydrogens (primary N) is 1. The Balaban J connectivity index is 2.22. The molecule has 0 saturated carbocycles. The molecule has 20 heavy (non-hydrogen) atoms. The molecule has 0 heterocycles. The molecule has 0 bridgehead atoms. The number of nitrogens with zero attached hydrogens (tertiary/aromatic N) is 1. The van der Waals surface area contributed by atoms with Gasteiger partial charge < -0.3 is 5.73 Å². The van der Waals surface area contributed by atoms with Gasteiger partial charge >= 0.3 is 0 Å². The molecule has 0 aliphatic heterocycles. The fourth-order valence-corrected chi connectivity index (χ4v) is 3.56. The SMILES string of the molecule is Nc1cccc(Br)c1CS(=O)c1ccc([N+](=O)[O-])cc1. The topological polar surface area (TPSA) is 86.2 Å². The van der Waals surface area contributed by atoms with Crippen molar-refractivity contribution in [2.75, 3.05) is 5.73 Å². The van der Waals surface area contributed by atoms with Crippen LogP contribution in [0.3, 0.4) is 0 Å². The Hall–Kier alpha value is -1.73. The number of rotatable bonds is 4. The third-order valence-electron chi connectivity index (χ3n) is 2.74. The van der Waals surface area contributed by atoms with Gasteiger partial charge in [-0.05, 0) is 24.3 Å². The Labute approximate surface area is 126 Å². The van der Waals surface area contributed by atoms with E-state index in [1.54, 1.807) is 12.1 Å². The van der Waals surface area contributed by atoms with Crippen molar-refractivity contribution < 1.29 is 9.13 Å². The third kappa shape index (κ3) is 3.23. The van der Waals surface area contributed by atoms with E-state index in [0.717, 1.165) is 10.0 Å². The highest BCUT2D eigenvalue weighted by Crippen LogP contribution is 2.26. The van der Waals surface area contributed by atoms with Gasteiger partial charge in [0, 0.05) is 32.8 Å². The maximum atomic E-state index is 12.3. The summed E-state index contributed by atoms with van der Waals surface area (Å²) in [5.74, 6) is 0.255. The summed E-state index contributed by atoms with van der Waals surface area (Å²) in [5, 5.41) is 10.6. The molecule has 0 saturated heterocycles. The van der Waals surface area contributed by atoms with E-state index in [0.29, 0.717) is 10.6 Å². The van der Waals surface area contributed by atoms with Crippen LogP contribution >= 0.6 is 15.9 Å². The molecule has 1 unspecified atom stereocenters. The first-order valence-electron chi connectivity index (χ1n) is 5.64. The predicted molar refractivity (Wildman–Crippen MR) is 81.8 cm³/mol. The maximum absolute atomic E-state index is 12.3. The molecule has 2 aromatic rings. The Morgan fingerprint density at radius 1 is 1.20 bits per heavy atom. The number of non-ortho nitro benzene ring substituents is 1. The van der Waals surface area contributed by atoms with E-state index in [9.17, 15) is 14.3 Å². The van der Waals surface area contributed by atoms with E-state index in [4.69, 9.17) is 5.73 Å². The van der Waals surface area contributed by atoms with Crippen LogP contribution in [0.2, 0.25) is 0 Å².